The highest BCUT2D eigenvalue weighted by molar-refractivity contribution is 6.05. The number of amides is 1. The summed E-state index contributed by atoms with van der Waals surface area (Å²) in [5.74, 6) is 0.122. The van der Waals surface area contributed by atoms with Crippen molar-refractivity contribution in [3.05, 3.63) is 123 Å². The summed E-state index contributed by atoms with van der Waals surface area (Å²) in [5.41, 5.74) is 2.87. The predicted molar refractivity (Wildman–Crippen MR) is 138 cm³/mol. The summed E-state index contributed by atoms with van der Waals surface area (Å²) in [4.78, 5) is 37.3. The molecule has 0 bridgehead atoms. The number of halogens is 1. The molecule has 3 aromatic carbocycles. The Hall–Kier alpha value is -4.79. The number of carbonyl (C=O) groups excluding carboxylic acids is 1. The summed E-state index contributed by atoms with van der Waals surface area (Å²) in [5, 5.41) is 2.96. The highest BCUT2D eigenvalue weighted by Crippen LogP contribution is 2.20. The minimum absolute atomic E-state index is 0.143. The molecular weight excluding hydrogens is 473 g/mol. The van der Waals surface area contributed by atoms with Crippen molar-refractivity contribution >= 4 is 17.6 Å². The van der Waals surface area contributed by atoms with Gasteiger partial charge in [-0.15, -0.1) is 0 Å². The third-order valence-electron chi connectivity index (χ3n) is 6.10. The first-order valence-electron chi connectivity index (χ1n) is 11.7. The normalized spacial score (nSPS) is 11.0. The van der Waals surface area contributed by atoms with Crippen LogP contribution in [-0.4, -0.2) is 32.6 Å². The van der Waals surface area contributed by atoms with Crippen molar-refractivity contribution in [2.75, 3.05) is 12.0 Å². The fraction of sp³-hybridized carbons (Fsp3) is 0.143. The zero-order valence-electron chi connectivity index (χ0n) is 20.3. The predicted octanol–water partition coefficient (Wildman–Crippen LogP) is 4.31. The summed E-state index contributed by atoms with van der Waals surface area (Å²) < 4.78 is 20.0. The molecule has 186 valence electrons. The van der Waals surface area contributed by atoms with Crippen molar-refractivity contribution in [1.29, 1.82) is 0 Å². The van der Waals surface area contributed by atoms with Gasteiger partial charge in [-0.05, 0) is 54.4 Å². The van der Waals surface area contributed by atoms with Gasteiger partial charge in [0.2, 0.25) is 5.95 Å². The number of H-pyrrole nitrogens is 1. The summed E-state index contributed by atoms with van der Waals surface area (Å²) in [7, 11) is 1.58. The first kappa shape index (κ1) is 23.9. The van der Waals surface area contributed by atoms with Crippen LogP contribution in [0.15, 0.2) is 83.7 Å². The highest BCUT2D eigenvalue weighted by Gasteiger charge is 2.23. The number of aryl methyl sites for hydroxylation is 1. The molecule has 37 heavy (non-hydrogen) atoms. The largest absolute Gasteiger partial charge is 0.497 e. The van der Waals surface area contributed by atoms with E-state index in [2.05, 4.69) is 15.1 Å². The molecule has 0 fully saturated rings. The Morgan fingerprint density at radius 1 is 0.973 bits per heavy atom. The van der Waals surface area contributed by atoms with Crippen LogP contribution in [0.5, 0.6) is 5.75 Å². The highest BCUT2D eigenvalue weighted by atomic mass is 19.1. The Morgan fingerprint density at radius 2 is 1.68 bits per heavy atom. The van der Waals surface area contributed by atoms with Crippen molar-refractivity contribution in [1.82, 2.24) is 19.6 Å². The van der Waals surface area contributed by atoms with Gasteiger partial charge in [0.1, 0.15) is 11.6 Å². The van der Waals surface area contributed by atoms with Crippen LogP contribution in [-0.2, 0) is 13.0 Å². The van der Waals surface area contributed by atoms with Crippen molar-refractivity contribution < 1.29 is 13.9 Å². The van der Waals surface area contributed by atoms with Gasteiger partial charge in [0.25, 0.3) is 17.2 Å². The van der Waals surface area contributed by atoms with Gasteiger partial charge in [0.15, 0.2) is 0 Å². The SMILES string of the molecule is COc1ccc(CN(C(=O)c2ccc(F)cc2)c2nc3nc(C)c(Cc4ccccc4)c(=O)n3[nH]2)cc1. The molecule has 1 N–H and O–H groups in total. The third-order valence-corrected chi connectivity index (χ3v) is 6.10. The third kappa shape index (κ3) is 4.97. The maximum atomic E-state index is 13.5. The Morgan fingerprint density at radius 3 is 2.35 bits per heavy atom. The smallest absolute Gasteiger partial charge is 0.277 e. The van der Waals surface area contributed by atoms with E-state index in [9.17, 15) is 14.0 Å². The standard InChI is InChI=1S/C28H24FN5O3/c1-18-24(16-19-6-4-3-5-7-19)26(36)34-27(30-18)31-28(32-34)33(17-20-8-14-23(37-2)15-9-20)25(35)21-10-12-22(29)13-11-21/h3-15H,16-17H2,1-2H3,(H,30,31,32). The minimum atomic E-state index is -0.445. The number of anilines is 1. The second kappa shape index (κ2) is 10.1. The lowest BCUT2D eigenvalue weighted by molar-refractivity contribution is 0.0983. The molecule has 0 unspecified atom stereocenters. The number of fused-ring (bicyclic) bond motifs is 1. The van der Waals surface area contributed by atoms with E-state index >= 15 is 0 Å². The van der Waals surface area contributed by atoms with Crippen LogP contribution in [0.1, 0.15) is 32.7 Å². The number of carbonyl (C=O) groups is 1. The average molecular weight is 498 g/mol. The van der Waals surface area contributed by atoms with Crippen LogP contribution in [0.25, 0.3) is 5.78 Å². The number of aromatic amines is 1. The summed E-state index contributed by atoms with van der Waals surface area (Å²) in [6, 6.07) is 22.2. The van der Waals surface area contributed by atoms with Gasteiger partial charge >= 0.3 is 0 Å². The van der Waals surface area contributed by atoms with Gasteiger partial charge in [0.05, 0.1) is 19.3 Å². The lowest BCUT2D eigenvalue weighted by Crippen LogP contribution is -2.31. The molecule has 0 saturated carbocycles. The van der Waals surface area contributed by atoms with Gasteiger partial charge in [-0.25, -0.2) is 9.37 Å². The first-order chi connectivity index (χ1) is 17.9. The van der Waals surface area contributed by atoms with E-state index in [1.165, 1.54) is 33.7 Å². The molecule has 0 aliphatic rings. The number of nitrogens with one attached hydrogen (secondary N) is 1. The monoisotopic (exact) mass is 497 g/mol. The van der Waals surface area contributed by atoms with Crippen molar-refractivity contribution in [3.63, 3.8) is 0 Å². The number of ether oxygens (including phenoxy) is 1. The molecule has 2 heterocycles. The number of benzene rings is 3. The zero-order chi connectivity index (χ0) is 25.9. The molecule has 0 aliphatic carbocycles. The molecule has 0 radical (unpaired) electrons. The lowest BCUT2D eigenvalue weighted by atomic mass is 10.1. The van der Waals surface area contributed by atoms with E-state index < -0.39 is 11.7 Å². The van der Waals surface area contributed by atoms with Crippen LogP contribution < -0.4 is 15.2 Å². The van der Waals surface area contributed by atoms with Crippen LogP contribution in [0, 0.1) is 12.7 Å². The van der Waals surface area contributed by atoms with E-state index in [4.69, 9.17) is 4.74 Å². The van der Waals surface area contributed by atoms with E-state index in [-0.39, 0.29) is 29.4 Å². The van der Waals surface area contributed by atoms with Gasteiger partial charge in [-0.3, -0.25) is 19.6 Å². The van der Waals surface area contributed by atoms with Crippen LogP contribution in [0.3, 0.4) is 0 Å². The van der Waals surface area contributed by atoms with Crippen LogP contribution in [0.4, 0.5) is 10.3 Å². The van der Waals surface area contributed by atoms with Gasteiger partial charge in [-0.1, -0.05) is 42.5 Å². The van der Waals surface area contributed by atoms with E-state index in [0.29, 0.717) is 23.4 Å². The Bertz CT molecular complexity index is 1610. The molecule has 5 rings (SSSR count). The quantitative estimate of drug-likeness (QED) is 0.362. The van der Waals surface area contributed by atoms with E-state index in [1.54, 1.807) is 26.2 Å². The van der Waals surface area contributed by atoms with Crippen molar-refractivity contribution in [2.45, 2.75) is 19.9 Å². The number of hydrogen-bond acceptors (Lipinski definition) is 5. The fourth-order valence-electron chi connectivity index (χ4n) is 4.07. The molecule has 9 heteroatoms. The molecular formula is C28H24FN5O3. The molecule has 0 spiro atoms. The minimum Gasteiger partial charge on any atom is -0.497 e. The molecule has 1 amide bonds. The van der Waals surface area contributed by atoms with Crippen molar-refractivity contribution in [2.24, 2.45) is 0 Å². The molecule has 0 saturated heterocycles. The van der Waals surface area contributed by atoms with Crippen LogP contribution in [0.2, 0.25) is 0 Å². The maximum Gasteiger partial charge on any atom is 0.277 e. The topological polar surface area (TPSA) is 92.6 Å². The average Bonchev–Trinajstić information content (AvgIpc) is 3.34. The van der Waals surface area contributed by atoms with Crippen molar-refractivity contribution in [3.8, 4) is 5.75 Å². The van der Waals surface area contributed by atoms with E-state index in [0.717, 1.165) is 11.1 Å². The number of hydrogen-bond donors (Lipinski definition) is 1. The second-order valence-electron chi connectivity index (χ2n) is 8.57. The fourth-order valence-corrected chi connectivity index (χ4v) is 4.07. The number of aromatic nitrogens is 4. The molecule has 2 aromatic heterocycles. The molecule has 8 nitrogen and oxygen atoms in total. The van der Waals surface area contributed by atoms with Crippen LogP contribution >= 0.6 is 0 Å². The number of methoxy groups -OCH3 is 1. The zero-order valence-corrected chi connectivity index (χ0v) is 20.3. The summed E-state index contributed by atoms with van der Waals surface area (Å²) in [6.45, 7) is 1.91. The Balaban J connectivity index is 1.57. The number of nitrogens with zero attached hydrogens (tertiary/aromatic N) is 4. The second-order valence-corrected chi connectivity index (χ2v) is 8.57. The summed E-state index contributed by atoms with van der Waals surface area (Å²) in [6.07, 6.45) is 0.417. The van der Waals surface area contributed by atoms with Gasteiger partial charge in [-0.2, -0.15) is 9.50 Å². The van der Waals surface area contributed by atoms with Gasteiger partial charge in [0, 0.05) is 17.5 Å². The molecule has 5 aromatic rings. The van der Waals surface area contributed by atoms with Gasteiger partial charge < -0.3 is 4.74 Å². The molecule has 0 aliphatic heterocycles. The van der Waals surface area contributed by atoms with E-state index in [1.807, 2.05) is 42.5 Å². The molecule has 0 atom stereocenters. The Labute approximate surface area is 212 Å². The lowest BCUT2D eigenvalue weighted by Gasteiger charge is -2.20. The first-order valence-corrected chi connectivity index (χ1v) is 11.7. The summed E-state index contributed by atoms with van der Waals surface area (Å²) >= 11 is 0. The Kier molecular flexibility index (Phi) is 6.51. The number of rotatable bonds is 7. The maximum absolute atomic E-state index is 13.5.